The van der Waals surface area contributed by atoms with Crippen molar-refractivity contribution in [3.05, 3.63) is 52.5 Å². The highest BCUT2D eigenvalue weighted by Gasteiger charge is 2.26. The molecule has 0 aliphatic rings. The third-order valence-corrected chi connectivity index (χ3v) is 7.78. The van der Waals surface area contributed by atoms with E-state index in [2.05, 4.69) is 0 Å². The molecular weight excluding hydrogens is 482 g/mol. The number of hydrogen-bond acceptors (Lipinski definition) is 7. The molecule has 1 unspecified atom stereocenters. The Morgan fingerprint density at radius 2 is 1.90 bits per heavy atom. The van der Waals surface area contributed by atoms with Crippen LogP contribution in [0, 0.1) is 6.92 Å². The molecule has 2 aromatic carbocycles. The van der Waals surface area contributed by atoms with Gasteiger partial charge in [-0.1, -0.05) is 11.6 Å². The molecule has 0 aliphatic carbocycles. The number of rotatable bonds is 6. The van der Waals surface area contributed by atoms with Gasteiger partial charge in [-0.05, 0) is 68.1 Å². The smallest absolute Gasteiger partial charge is 0.338 e. The second kappa shape index (κ2) is 8.87. The first kappa shape index (κ1) is 23.7. The van der Waals surface area contributed by atoms with Gasteiger partial charge in [0.15, 0.2) is 9.84 Å². The minimum Gasteiger partial charge on any atom is -0.755 e. The maximum absolute atomic E-state index is 12.5. The van der Waals surface area contributed by atoms with E-state index in [0.717, 1.165) is 26.7 Å². The summed E-state index contributed by atoms with van der Waals surface area (Å²) >= 11 is 4.42. The number of sulfone groups is 1. The van der Waals surface area contributed by atoms with Crippen molar-refractivity contribution in [3.63, 3.8) is 0 Å². The lowest BCUT2D eigenvalue weighted by Gasteiger charge is -2.27. The van der Waals surface area contributed by atoms with Crippen LogP contribution < -0.4 is 4.31 Å². The molecule has 0 radical (unpaired) electrons. The summed E-state index contributed by atoms with van der Waals surface area (Å²) in [4.78, 5) is 12.0. The number of fused-ring (bicyclic) bond motifs is 1. The van der Waals surface area contributed by atoms with Crippen LogP contribution >= 0.6 is 22.9 Å². The SMILES string of the molecule is Cc1c(N(c2ccc(C(=O)OC(C)C)cc2S(C)(=O)=O)S(=O)[O-])sc2ccc(Cl)cc12. The van der Waals surface area contributed by atoms with Crippen molar-refractivity contribution < 1.29 is 26.7 Å². The maximum atomic E-state index is 12.5. The van der Waals surface area contributed by atoms with Crippen molar-refractivity contribution in [2.75, 3.05) is 10.6 Å². The van der Waals surface area contributed by atoms with Gasteiger partial charge in [-0.25, -0.2) is 13.2 Å². The van der Waals surface area contributed by atoms with Gasteiger partial charge in [0.25, 0.3) is 0 Å². The lowest BCUT2D eigenvalue weighted by atomic mass is 10.1. The van der Waals surface area contributed by atoms with Crippen LogP contribution in [0.15, 0.2) is 41.3 Å². The van der Waals surface area contributed by atoms with Gasteiger partial charge < -0.3 is 9.29 Å². The van der Waals surface area contributed by atoms with Gasteiger partial charge in [0, 0.05) is 16.0 Å². The molecule has 0 amide bonds. The van der Waals surface area contributed by atoms with Crippen LogP contribution in [0.4, 0.5) is 10.7 Å². The van der Waals surface area contributed by atoms with Gasteiger partial charge in [0.1, 0.15) is 5.00 Å². The van der Waals surface area contributed by atoms with Gasteiger partial charge in [-0.3, -0.25) is 8.51 Å². The Hall–Kier alpha value is -1.98. The Bertz CT molecular complexity index is 1300. The van der Waals surface area contributed by atoms with Crippen LogP contribution in [0.25, 0.3) is 10.1 Å². The molecule has 0 fully saturated rings. The third-order valence-electron chi connectivity index (χ3n) is 4.36. The molecule has 0 spiro atoms. The number of hydrogen-bond donors (Lipinski definition) is 0. The Kier molecular flexibility index (Phi) is 6.78. The molecule has 0 saturated heterocycles. The van der Waals surface area contributed by atoms with Gasteiger partial charge >= 0.3 is 5.97 Å². The van der Waals surface area contributed by atoms with Crippen LogP contribution in [-0.2, 0) is 25.8 Å². The van der Waals surface area contributed by atoms with E-state index in [1.807, 2.05) is 0 Å². The zero-order valence-electron chi connectivity index (χ0n) is 17.0. The van der Waals surface area contributed by atoms with Crippen LogP contribution in [0.2, 0.25) is 5.02 Å². The van der Waals surface area contributed by atoms with E-state index < -0.39 is 33.2 Å². The molecule has 1 aromatic heterocycles. The average molecular weight is 501 g/mol. The number of anilines is 2. The van der Waals surface area contributed by atoms with Gasteiger partial charge in [-0.2, -0.15) is 0 Å². The van der Waals surface area contributed by atoms with Crippen molar-refractivity contribution in [3.8, 4) is 0 Å². The summed E-state index contributed by atoms with van der Waals surface area (Å²) in [5, 5.41) is 1.59. The molecule has 0 N–H and O–H groups in total. The fourth-order valence-corrected chi connectivity index (χ4v) is 6.13. The maximum Gasteiger partial charge on any atom is 0.338 e. The molecule has 1 heterocycles. The second-order valence-corrected chi connectivity index (χ2v) is 11.3. The van der Waals surface area contributed by atoms with E-state index >= 15 is 0 Å². The van der Waals surface area contributed by atoms with Crippen molar-refractivity contribution >= 4 is 70.8 Å². The van der Waals surface area contributed by atoms with Gasteiger partial charge in [-0.15, -0.1) is 11.3 Å². The summed E-state index contributed by atoms with van der Waals surface area (Å²) in [5.41, 5.74) is 0.557. The van der Waals surface area contributed by atoms with E-state index in [4.69, 9.17) is 16.3 Å². The van der Waals surface area contributed by atoms with Crippen molar-refractivity contribution in [2.24, 2.45) is 0 Å². The quantitative estimate of drug-likeness (QED) is 0.357. The standard InChI is InChI=1S/C20H20ClNO6S3/c1-11(2)28-20(23)13-5-7-16(18(9-13)31(4,26)27)22(30(24)25)19-12(3)15-10-14(21)6-8-17(15)29-19/h5-11H,1-4H3,(H,24,25)/p-1. The Labute approximate surface area is 191 Å². The number of aryl methyl sites for hydroxylation is 1. The average Bonchev–Trinajstić information content (AvgIpc) is 2.96. The Morgan fingerprint density at radius 1 is 1.23 bits per heavy atom. The first-order valence-electron chi connectivity index (χ1n) is 9.03. The summed E-state index contributed by atoms with van der Waals surface area (Å²) in [6.07, 6.45) is 0.555. The fourth-order valence-electron chi connectivity index (χ4n) is 3.02. The Balaban J connectivity index is 2.24. The number of carbonyl (C=O) groups is 1. The predicted molar refractivity (Wildman–Crippen MR) is 123 cm³/mol. The number of ether oxygens (including phenoxy) is 1. The van der Waals surface area contributed by atoms with Crippen molar-refractivity contribution in [1.29, 1.82) is 0 Å². The zero-order chi connectivity index (χ0) is 23.1. The normalized spacial score (nSPS) is 12.9. The molecule has 3 aromatic rings. The summed E-state index contributed by atoms with van der Waals surface area (Å²) in [6, 6.07) is 8.95. The number of halogens is 1. The summed E-state index contributed by atoms with van der Waals surface area (Å²) < 4.78 is 56.4. The van der Waals surface area contributed by atoms with Crippen LogP contribution in [-0.4, -0.2) is 35.5 Å². The molecule has 1 atom stereocenters. The molecule has 7 nitrogen and oxygen atoms in total. The van der Waals surface area contributed by atoms with Gasteiger partial charge in [0.2, 0.25) is 0 Å². The lowest BCUT2D eigenvalue weighted by Crippen LogP contribution is -2.22. The zero-order valence-corrected chi connectivity index (χ0v) is 20.2. The van der Waals surface area contributed by atoms with Gasteiger partial charge in [0.05, 0.1) is 33.5 Å². The number of nitrogens with zero attached hydrogens (tertiary/aromatic N) is 1. The minimum absolute atomic E-state index is 0.00866. The number of benzene rings is 2. The summed E-state index contributed by atoms with van der Waals surface area (Å²) in [5.74, 6) is -0.700. The number of esters is 1. The van der Waals surface area contributed by atoms with E-state index in [0.29, 0.717) is 15.6 Å². The molecule has 11 heteroatoms. The highest BCUT2D eigenvalue weighted by Crippen LogP contribution is 2.44. The molecule has 0 bridgehead atoms. The van der Waals surface area contributed by atoms with Crippen LogP contribution in [0.1, 0.15) is 29.8 Å². The first-order chi connectivity index (χ1) is 14.4. The first-order valence-corrected chi connectivity index (χ1v) is 13.1. The predicted octanol–water partition coefficient (Wildman–Crippen LogP) is 4.76. The highest BCUT2D eigenvalue weighted by molar-refractivity contribution is 7.91. The minimum atomic E-state index is -3.89. The van der Waals surface area contributed by atoms with E-state index in [-0.39, 0.29) is 16.1 Å². The number of carbonyl (C=O) groups excluding carboxylic acids is 1. The summed E-state index contributed by atoms with van der Waals surface area (Å²) in [7, 11) is -3.89. The molecule has 3 rings (SSSR count). The number of thiophene rings is 1. The van der Waals surface area contributed by atoms with Crippen LogP contribution in [0.3, 0.4) is 0 Å². The molecule has 0 saturated carbocycles. The van der Waals surface area contributed by atoms with E-state index in [1.165, 1.54) is 23.5 Å². The molecule has 31 heavy (non-hydrogen) atoms. The van der Waals surface area contributed by atoms with Crippen molar-refractivity contribution in [1.82, 2.24) is 0 Å². The lowest BCUT2D eigenvalue weighted by molar-refractivity contribution is 0.0377. The van der Waals surface area contributed by atoms with Crippen molar-refractivity contribution in [2.45, 2.75) is 31.8 Å². The summed E-state index contributed by atoms with van der Waals surface area (Å²) in [6.45, 7) is 5.07. The monoisotopic (exact) mass is 500 g/mol. The molecule has 166 valence electrons. The molecular formula is C20H19ClNO6S3-. The topological polar surface area (TPSA) is 104 Å². The second-order valence-electron chi connectivity index (χ2n) is 7.09. The highest BCUT2D eigenvalue weighted by atomic mass is 35.5. The third kappa shape index (κ3) is 4.93. The van der Waals surface area contributed by atoms with E-state index in [1.54, 1.807) is 39.0 Å². The Morgan fingerprint density at radius 3 is 2.48 bits per heavy atom. The largest absolute Gasteiger partial charge is 0.755 e. The van der Waals surface area contributed by atoms with Crippen LogP contribution in [0.5, 0.6) is 0 Å². The fraction of sp³-hybridized carbons (Fsp3) is 0.250. The molecule has 0 aliphatic heterocycles. The van der Waals surface area contributed by atoms with E-state index in [9.17, 15) is 22.0 Å².